The minimum absolute atomic E-state index is 0.0753. The number of carbonyl (C=O) groups excluding carboxylic acids is 1. The molecule has 2 heteroatoms. The van der Waals surface area contributed by atoms with Crippen LogP contribution in [-0.4, -0.2) is 17.0 Å². The predicted molar refractivity (Wildman–Crippen MR) is 86.2 cm³/mol. The van der Waals surface area contributed by atoms with Crippen LogP contribution < -0.4 is 0 Å². The Morgan fingerprint density at radius 2 is 1.86 bits per heavy atom. The molecule has 114 valence electrons. The van der Waals surface area contributed by atoms with Crippen molar-refractivity contribution >= 4 is 5.78 Å². The number of rotatable bonds is 3. The van der Waals surface area contributed by atoms with Gasteiger partial charge in [-0.15, -0.1) is 0 Å². The second kappa shape index (κ2) is 6.57. The van der Waals surface area contributed by atoms with Gasteiger partial charge in [-0.3, -0.25) is 4.79 Å². The summed E-state index contributed by atoms with van der Waals surface area (Å²) in [5, 5.41) is 10.3. The molecular formula is C19H26O2. The molecule has 0 aliphatic heterocycles. The zero-order valence-corrected chi connectivity index (χ0v) is 13.3. The summed E-state index contributed by atoms with van der Waals surface area (Å²) in [6.45, 7) is 6.45. The molecule has 2 rings (SSSR count). The SMILES string of the molecule is CC(C)(C)/C=C/[C@H]1CCC[C@H](O)[C@@H]1C(=O)c1ccccc1. The maximum atomic E-state index is 12.8. The number of ketones is 1. The molecule has 3 atom stereocenters. The molecule has 21 heavy (non-hydrogen) atoms. The van der Waals surface area contributed by atoms with E-state index >= 15 is 0 Å². The molecule has 1 N–H and O–H groups in total. The molecular weight excluding hydrogens is 260 g/mol. The molecule has 0 aromatic heterocycles. The van der Waals surface area contributed by atoms with Crippen LogP contribution in [0.2, 0.25) is 0 Å². The summed E-state index contributed by atoms with van der Waals surface area (Å²) >= 11 is 0. The first-order valence-corrected chi connectivity index (χ1v) is 7.85. The van der Waals surface area contributed by atoms with E-state index in [0.717, 1.165) is 19.3 Å². The number of carbonyl (C=O) groups is 1. The summed E-state index contributed by atoms with van der Waals surface area (Å²) < 4.78 is 0. The minimum atomic E-state index is -0.527. The van der Waals surface area contributed by atoms with Crippen molar-refractivity contribution in [2.24, 2.45) is 17.3 Å². The summed E-state index contributed by atoms with van der Waals surface area (Å²) in [6.07, 6.45) is 6.48. The standard InChI is InChI=1S/C19H26O2/c1-19(2,3)13-12-14-10-7-11-16(20)17(14)18(21)15-8-5-4-6-9-15/h4-6,8-9,12-14,16-17,20H,7,10-11H2,1-3H3/b13-12+/t14-,16+,17-/m1/s1. The number of benzene rings is 1. The molecule has 0 saturated heterocycles. The van der Waals surface area contributed by atoms with Crippen LogP contribution in [0.1, 0.15) is 50.4 Å². The Kier molecular flexibility index (Phi) is 5.00. The number of aliphatic hydroxyl groups excluding tert-OH is 1. The van der Waals surface area contributed by atoms with Crippen LogP contribution >= 0.6 is 0 Å². The van der Waals surface area contributed by atoms with E-state index in [9.17, 15) is 9.90 Å². The zero-order chi connectivity index (χ0) is 15.5. The van der Waals surface area contributed by atoms with Crippen LogP contribution in [0, 0.1) is 17.3 Å². The Labute approximate surface area is 127 Å². The van der Waals surface area contributed by atoms with Crippen LogP contribution in [0.4, 0.5) is 0 Å². The third-order valence-corrected chi connectivity index (χ3v) is 4.12. The number of Topliss-reactive ketones (excluding diaryl/α,β-unsaturated/α-hetero) is 1. The van der Waals surface area contributed by atoms with Crippen molar-refractivity contribution in [2.45, 2.75) is 46.1 Å². The van der Waals surface area contributed by atoms with Gasteiger partial charge < -0.3 is 5.11 Å². The van der Waals surface area contributed by atoms with Gasteiger partial charge in [0.25, 0.3) is 0 Å². The van der Waals surface area contributed by atoms with Gasteiger partial charge in [-0.1, -0.05) is 69.7 Å². The van der Waals surface area contributed by atoms with Crippen molar-refractivity contribution in [3.05, 3.63) is 48.0 Å². The predicted octanol–water partition coefficient (Wildman–Crippen LogP) is 4.25. The van der Waals surface area contributed by atoms with Crippen LogP contribution in [0.3, 0.4) is 0 Å². The largest absolute Gasteiger partial charge is 0.392 e. The van der Waals surface area contributed by atoms with Gasteiger partial charge >= 0.3 is 0 Å². The lowest BCUT2D eigenvalue weighted by molar-refractivity contribution is 0.0392. The summed E-state index contributed by atoms with van der Waals surface area (Å²) in [6, 6.07) is 9.35. The van der Waals surface area contributed by atoms with Crippen LogP contribution in [0.15, 0.2) is 42.5 Å². The fourth-order valence-electron chi connectivity index (χ4n) is 3.00. The van der Waals surface area contributed by atoms with Crippen molar-refractivity contribution in [3.8, 4) is 0 Å². The van der Waals surface area contributed by atoms with Gasteiger partial charge in [-0.2, -0.15) is 0 Å². The topological polar surface area (TPSA) is 37.3 Å². The molecule has 1 saturated carbocycles. The first-order chi connectivity index (χ1) is 9.88. The molecule has 1 aromatic carbocycles. The Bertz CT molecular complexity index is 496. The maximum Gasteiger partial charge on any atom is 0.169 e. The van der Waals surface area contributed by atoms with E-state index < -0.39 is 6.10 Å². The van der Waals surface area contributed by atoms with Gasteiger partial charge in [-0.05, 0) is 24.2 Å². The fraction of sp³-hybridized carbons (Fsp3) is 0.526. The molecule has 1 aliphatic rings. The first kappa shape index (κ1) is 16.0. The molecule has 0 unspecified atom stereocenters. The maximum absolute atomic E-state index is 12.8. The van der Waals surface area contributed by atoms with E-state index in [1.807, 2.05) is 30.3 Å². The van der Waals surface area contributed by atoms with Crippen molar-refractivity contribution < 1.29 is 9.90 Å². The highest BCUT2D eigenvalue weighted by Crippen LogP contribution is 2.34. The molecule has 1 fully saturated rings. The molecule has 0 radical (unpaired) electrons. The Morgan fingerprint density at radius 3 is 2.48 bits per heavy atom. The summed E-state index contributed by atoms with van der Waals surface area (Å²) in [5.74, 6) is -0.0909. The Hall–Kier alpha value is -1.41. The van der Waals surface area contributed by atoms with Gasteiger partial charge in [0, 0.05) is 5.56 Å². The molecule has 2 nitrogen and oxygen atoms in total. The first-order valence-electron chi connectivity index (χ1n) is 7.85. The quantitative estimate of drug-likeness (QED) is 0.666. The van der Waals surface area contributed by atoms with E-state index in [1.54, 1.807) is 0 Å². The number of aliphatic hydroxyl groups is 1. The van der Waals surface area contributed by atoms with Gasteiger partial charge in [-0.25, -0.2) is 0 Å². The lowest BCUT2D eigenvalue weighted by Gasteiger charge is -2.33. The van der Waals surface area contributed by atoms with Crippen molar-refractivity contribution in [1.29, 1.82) is 0 Å². The van der Waals surface area contributed by atoms with Gasteiger partial charge in [0.2, 0.25) is 0 Å². The van der Waals surface area contributed by atoms with E-state index in [0.29, 0.717) is 5.56 Å². The number of allylic oxidation sites excluding steroid dienone is 2. The van der Waals surface area contributed by atoms with Gasteiger partial charge in [0.05, 0.1) is 12.0 Å². The summed E-state index contributed by atoms with van der Waals surface area (Å²) in [5.41, 5.74) is 0.806. The van der Waals surface area contributed by atoms with E-state index in [1.165, 1.54) is 0 Å². The van der Waals surface area contributed by atoms with Crippen LogP contribution in [-0.2, 0) is 0 Å². The lowest BCUT2D eigenvalue weighted by Crippen LogP contribution is -2.37. The van der Waals surface area contributed by atoms with Crippen LogP contribution in [0.25, 0.3) is 0 Å². The van der Waals surface area contributed by atoms with Crippen LogP contribution in [0.5, 0.6) is 0 Å². The van der Waals surface area contributed by atoms with Gasteiger partial charge in [0.15, 0.2) is 5.78 Å². The number of hydrogen-bond donors (Lipinski definition) is 1. The van der Waals surface area contributed by atoms with E-state index in [-0.39, 0.29) is 23.0 Å². The third-order valence-electron chi connectivity index (χ3n) is 4.12. The monoisotopic (exact) mass is 286 g/mol. The van der Waals surface area contributed by atoms with Crippen molar-refractivity contribution in [2.75, 3.05) is 0 Å². The Balaban J connectivity index is 2.23. The lowest BCUT2D eigenvalue weighted by atomic mass is 9.73. The minimum Gasteiger partial charge on any atom is -0.392 e. The molecule has 0 heterocycles. The second-order valence-electron chi connectivity index (χ2n) is 7.14. The fourth-order valence-corrected chi connectivity index (χ4v) is 3.00. The Morgan fingerprint density at radius 1 is 1.19 bits per heavy atom. The van der Waals surface area contributed by atoms with Gasteiger partial charge in [0.1, 0.15) is 0 Å². The normalized spacial score (nSPS) is 27.0. The average Bonchev–Trinajstić information content (AvgIpc) is 2.44. The summed E-state index contributed by atoms with van der Waals surface area (Å²) in [7, 11) is 0. The molecule has 0 amide bonds. The van der Waals surface area contributed by atoms with E-state index in [4.69, 9.17) is 0 Å². The van der Waals surface area contributed by atoms with E-state index in [2.05, 4.69) is 32.9 Å². The summed E-state index contributed by atoms with van der Waals surface area (Å²) in [4.78, 5) is 12.8. The van der Waals surface area contributed by atoms with Crippen molar-refractivity contribution in [1.82, 2.24) is 0 Å². The second-order valence-corrected chi connectivity index (χ2v) is 7.14. The molecule has 0 spiro atoms. The molecule has 1 aromatic rings. The average molecular weight is 286 g/mol. The highest BCUT2D eigenvalue weighted by Gasteiger charge is 2.36. The zero-order valence-electron chi connectivity index (χ0n) is 13.3. The van der Waals surface area contributed by atoms with Crippen molar-refractivity contribution in [3.63, 3.8) is 0 Å². The smallest absolute Gasteiger partial charge is 0.169 e. The highest BCUT2D eigenvalue weighted by atomic mass is 16.3. The highest BCUT2D eigenvalue weighted by molar-refractivity contribution is 5.98. The number of hydrogen-bond acceptors (Lipinski definition) is 2. The molecule has 1 aliphatic carbocycles. The third kappa shape index (κ3) is 4.28. The molecule has 0 bridgehead atoms.